The van der Waals surface area contributed by atoms with Crippen LogP contribution in [0.5, 0.6) is 5.75 Å². The molecule has 2 aromatic carbocycles. The lowest BCUT2D eigenvalue weighted by atomic mass is 10.2. The number of ether oxygens (including phenoxy) is 1. The normalized spacial score (nSPS) is 13.3. The Morgan fingerprint density at radius 1 is 0.923 bits per heavy atom. The van der Waals surface area contributed by atoms with Crippen LogP contribution < -0.4 is 20.3 Å². The number of rotatable bonds is 7. The average molecular weight is 353 g/mol. The molecule has 6 nitrogen and oxygen atoms in total. The Balaban J connectivity index is 1.46. The predicted molar refractivity (Wildman–Crippen MR) is 101 cm³/mol. The fourth-order valence-electron chi connectivity index (χ4n) is 2.90. The molecule has 2 amide bonds. The molecule has 1 saturated heterocycles. The van der Waals surface area contributed by atoms with Crippen LogP contribution in [0, 0.1) is 0 Å². The van der Waals surface area contributed by atoms with E-state index in [-0.39, 0.29) is 25.0 Å². The molecule has 2 N–H and O–H groups in total. The van der Waals surface area contributed by atoms with Gasteiger partial charge >= 0.3 is 0 Å². The smallest absolute Gasteiger partial charge is 0.258 e. The molecule has 136 valence electrons. The molecule has 0 bridgehead atoms. The zero-order chi connectivity index (χ0) is 18.2. The minimum atomic E-state index is -0.336. The van der Waals surface area contributed by atoms with Gasteiger partial charge in [0.2, 0.25) is 5.91 Å². The third kappa shape index (κ3) is 4.99. The first-order valence-corrected chi connectivity index (χ1v) is 8.81. The maximum atomic E-state index is 12.2. The second kappa shape index (κ2) is 8.89. The molecule has 1 aliphatic heterocycles. The van der Waals surface area contributed by atoms with Crippen LogP contribution in [-0.4, -0.2) is 38.1 Å². The molecule has 0 spiro atoms. The number of amides is 2. The van der Waals surface area contributed by atoms with Gasteiger partial charge in [-0.1, -0.05) is 30.3 Å². The standard InChI is InChI=1S/C20H23N3O3/c24-19(14-21-20(25)15-26-16-8-2-1-3-9-16)22-17-10-4-5-11-18(17)23-12-6-7-13-23/h1-5,8-11H,6-7,12-15H2,(H,21,25)(H,22,24). The van der Waals surface area contributed by atoms with E-state index in [1.54, 1.807) is 12.1 Å². The van der Waals surface area contributed by atoms with E-state index in [1.165, 1.54) is 12.8 Å². The van der Waals surface area contributed by atoms with Crippen molar-refractivity contribution in [2.24, 2.45) is 0 Å². The third-order valence-electron chi connectivity index (χ3n) is 4.18. The Labute approximate surface area is 153 Å². The van der Waals surface area contributed by atoms with Crippen molar-refractivity contribution >= 4 is 23.2 Å². The summed E-state index contributed by atoms with van der Waals surface area (Å²) < 4.78 is 5.35. The summed E-state index contributed by atoms with van der Waals surface area (Å²) >= 11 is 0. The molecule has 3 rings (SSSR count). The maximum absolute atomic E-state index is 12.2. The number of carbonyl (C=O) groups is 2. The monoisotopic (exact) mass is 353 g/mol. The van der Waals surface area contributed by atoms with Crippen molar-refractivity contribution in [3.63, 3.8) is 0 Å². The Morgan fingerprint density at radius 3 is 2.38 bits per heavy atom. The van der Waals surface area contributed by atoms with Crippen LogP contribution in [-0.2, 0) is 9.59 Å². The number of nitrogens with one attached hydrogen (secondary N) is 2. The van der Waals surface area contributed by atoms with Gasteiger partial charge in [0.05, 0.1) is 17.9 Å². The summed E-state index contributed by atoms with van der Waals surface area (Å²) in [6, 6.07) is 16.8. The van der Waals surface area contributed by atoms with Crippen molar-refractivity contribution in [2.45, 2.75) is 12.8 Å². The minimum absolute atomic E-state index is 0.0919. The SMILES string of the molecule is O=C(COc1ccccc1)NCC(=O)Nc1ccccc1N1CCCC1. The predicted octanol–water partition coefficient (Wildman–Crippen LogP) is 2.42. The Hall–Kier alpha value is -3.02. The number of nitrogens with zero attached hydrogens (tertiary/aromatic N) is 1. The summed E-state index contributed by atoms with van der Waals surface area (Å²) in [5, 5.41) is 5.45. The van der Waals surface area contributed by atoms with Crippen LogP contribution in [0.3, 0.4) is 0 Å². The molecule has 1 fully saturated rings. The topological polar surface area (TPSA) is 70.7 Å². The van der Waals surface area contributed by atoms with E-state index in [0.717, 1.165) is 24.5 Å². The second-order valence-corrected chi connectivity index (χ2v) is 6.14. The number of carbonyl (C=O) groups excluding carboxylic acids is 2. The highest BCUT2D eigenvalue weighted by molar-refractivity contribution is 5.97. The highest BCUT2D eigenvalue weighted by Gasteiger charge is 2.16. The fraction of sp³-hybridized carbons (Fsp3) is 0.300. The highest BCUT2D eigenvalue weighted by Crippen LogP contribution is 2.28. The van der Waals surface area contributed by atoms with Crippen molar-refractivity contribution in [2.75, 3.05) is 36.5 Å². The number of para-hydroxylation sites is 3. The van der Waals surface area contributed by atoms with E-state index < -0.39 is 0 Å². The van der Waals surface area contributed by atoms with Gasteiger partial charge in [-0.15, -0.1) is 0 Å². The molecule has 26 heavy (non-hydrogen) atoms. The van der Waals surface area contributed by atoms with Gasteiger partial charge in [-0.05, 0) is 37.1 Å². The Morgan fingerprint density at radius 2 is 1.62 bits per heavy atom. The first-order chi connectivity index (χ1) is 12.7. The summed E-state index contributed by atoms with van der Waals surface area (Å²) in [6.45, 7) is 1.79. The molecule has 0 radical (unpaired) electrons. The van der Waals surface area contributed by atoms with E-state index in [1.807, 2.05) is 42.5 Å². The minimum Gasteiger partial charge on any atom is -0.484 e. The van der Waals surface area contributed by atoms with Gasteiger partial charge in [-0.2, -0.15) is 0 Å². The lowest BCUT2D eigenvalue weighted by Gasteiger charge is -2.21. The molecule has 6 heteroatoms. The molecule has 0 unspecified atom stereocenters. The number of hydrogen-bond donors (Lipinski definition) is 2. The third-order valence-corrected chi connectivity index (χ3v) is 4.18. The van der Waals surface area contributed by atoms with Crippen molar-refractivity contribution in [3.8, 4) is 5.75 Å². The van der Waals surface area contributed by atoms with E-state index in [0.29, 0.717) is 5.75 Å². The second-order valence-electron chi connectivity index (χ2n) is 6.14. The molecular weight excluding hydrogens is 330 g/mol. The molecule has 0 aliphatic carbocycles. The van der Waals surface area contributed by atoms with Gasteiger partial charge in [-0.25, -0.2) is 0 Å². The summed E-state index contributed by atoms with van der Waals surface area (Å²) in [7, 11) is 0. The van der Waals surface area contributed by atoms with Crippen LogP contribution in [0.4, 0.5) is 11.4 Å². The van der Waals surface area contributed by atoms with Gasteiger partial charge < -0.3 is 20.3 Å². The average Bonchev–Trinajstić information content (AvgIpc) is 3.20. The first kappa shape index (κ1) is 17.8. The van der Waals surface area contributed by atoms with Crippen LogP contribution >= 0.6 is 0 Å². The first-order valence-electron chi connectivity index (χ1n) is 8.81. The molecule has 1 aliphatic rings. The number of benzene rings is 2. The van der Waals surface area contributed by atoms with Crippen LogP contribution in [0.2, 0.25) is 0 Å². The van der Waals surface area contributed by atoms with Crippen LogP contribution in [0.15, 0.2) is 54.6 Å². The van der Waals surface area contributed by atoms with Gasteiger partial charge in [-0.3, -0.25) is 9.59 Å². The molecule has 0 atom stereocenters. The van der Waals surface area contributed by atoms with Gasteiger partial charge in [0.25, 0.3) is 5.91 Å². The molecular formula is C20H23N3O3. The highest BCUT2D eigenvalue weighted by atomic mass is 16.5. The van der Waals surface area contributed by atoms with E-state index in [2.05, 4.69) is 15.5 Å². The van der Waals surface area contributed by atoms with Crippen molar-refractivity contribution in [1.29, 1.82) is 0 Å². The fourth-order valence-corrected chi connectivity index (χ4v) is 2.90. The van der Waals surface area contributed by atoms with E-state index in [4.69, 9.17) is 4.74 Å². The zero-order valence-corrected chi connectivity index (χ0v) is 14.6. The quantitative estimate of drug-likeness (QED) is 0.802. The van der Waals surface area contributed by atoms with Gasteiger partial charge in [0.1, 0.15) is 5.75 Å². The zero-order valence-electron chi connectivity index (χ0n) is 14.6. The summed E-state index contributed by atoms with van der Waals surface area (Å²) in [4.78, 5) is 26.3. The summed E-state index contributed by atoms with van der Waals surface area (Å²) in [6.07, 6.45) is 2.33. The summed E-state index contributed by atoms with van der Waals surface area (Å²) in [5.41, 5.74) is 1.80. The molecule has 0 aromatic heterocycles. The van der Waals surface area contributed by atoms with E-state index >= 15 is 0 Å². The lowest BCUT2D eigenvalue weighted by Crippen LogP contribution is -2.36. The van der Waals surface area contributed by atoms with Crippen LogP contribution in [0.1, 0.15) is 12.8 Å². The van der Waals surface area contributed by atoms with E-state index in [9.17, 15) is 9.59 Å². The number of anilines is 2. The van der Waals surface area contributed by atoms with Gasteiger partial charge in [0.15, 0.2) is 6.61 Å². The van der Waals surface area contributed by atoms with Gasteiger partial charge in [0, 0.05) is 13.1 Å². The largest absolute Gasteiger partial charge is 0.484 e. The molecule has 1 heterocycles. The van der Waals surface area contributed by atoms with Crippen LogP contribution in [0.25, 0.3) is 0 Å². The Kier molecular flexibility index (Phi) is 6.09. The van der Waals surface area contributed by atoms with Crippen molar-refractivity contribution < 1.29 is 14.3 Å². The molecule has 0 saturated carbocycles. The van der Waals surface area contributed by atoms with Crippen molar-refractivity contribution in [1.82, 2.24) is 5.32 Å². The summed E-state index contributed by atoms with van der Waals surface area (Å²) in [5.74, 6) is 0.0215. The number of hydrogen-bond acceptors (Lipinski definition) is 4. The van der Waals surface area contributed by atoms with Crippen molar-refractivity contribution in [3.05, 3.63) is 54.6 Å². The molecule has 2 aromatic rings. The lowest BCUT2D eigenvalue weighted by molar-refractivity contribution is -0.125. The Bertz CT molecular complexity index is 743. The maximum Gasteiger partial charge on any atom is 0.258 e.